The number of aliphatic hydroxyl groups excluding tert-OH is 1. The zero-order valence-electron chi connectivity index (χ0n) is 8.68. The lowest BCUT2D eigenvalue weighted by molar-refractivity contribution is -0.140. The number of halogens is 1. The van der Waals surface area contributed by atoms with E-state index in [1.165, 1.54) is 0 Å². The highest BCUT2D eigenvalue weighted by molar-refractivity contribution is 6.30. The summed E-state index contributed by atoms with van der Waals surface area (Å²) in [6, 6.07) is 4.25. The summed E-state index contributed by atoms with van der Waals surface area (Å²) in [5.74, 6) is -1.31. The molecule has 6 nitrogen and oxygen atoms in total. The summed E-state index contributed by atoms with van der Waals surface area (Å²) in [7, 11) is 0. The Morgan fingerprint density at radius 1 is 1.29 bits per heavy atom. The van der Waals surface area contributed by atoms with Gasteiger partial charge in [-0.25, -0.2) is 9.59 Å². The first-order valence-electron chi connectivity index (χ1n) is 4.69. The fraction of sp³-hybridized carbons (Fsp3) is 0.200. The van der Waals surface area contributed by atoms with Gasteiger partial charge in [-0.3, -0.25) is 0 Å². The van der Waals surface area contributed by atoms with Crippen LogP contribution in [-0.4, -0.2) is 34.9 Å². The second kappa shape index (κ2) is 6.07. The summed E-state index contributed by atoms with van der Waals surface area (Å²) < 4.78 is 0. The van der Waals surface area contributed by atoms with E-state index in [1.54, 1.807) is 24.3 Å². The molecule has 1 atom stereocenters. The van der Waals surface area contributed by atoms with Crippen LogP contribution in [0.1, 0.15) is 0 Å². The summed E-state index contributed by atoms with van der Waals surface area (Å²) in [6.45, 7) is -0.677. The molecule has 0 saturated heterocycles. The molecule has 17 heavy (non-hydrogen) atoms. The topological polar surface area (TPSA) is 98.7 Å². The van der Waals surface area contributed by atoms with E-state index in [1.807, 2.05) is 0 Å². The molecule has 1 aromatic carbocycles. The minimum Gasteiger partial charge on any atom is -0.480 e. The van der Waals surface area contributed by atoms with Gasteiger partial charge in [0.15, 0.2) is 6.04 Å². The van der Waals surface area contributed by atoms with Crippen LogP contribution in [0.15, 0.2) is 24.3 Å². The van der Waals surface area contributed by atoms with Crippen LogP contribution in [0, 0.1) is 0 Å². The highest BCUT2D eigenvalue weighted by Gasteiger charge is 2.18. The average Bonchev–Trinajstić information content (AvgIpc) is 2.28. The van der Waals surface area contributed by atoms with E-state index in [-0.39, 0.29) is 0 Å². The molecule has 0 heterocycles. The molecule has 0 aliphatic rings. The van der Waals surface area contributed by atoms with E-state index in [9.17, 15) is 9.59 Å². The number of carbonyl (C=O) groups is 2. The van der Waals surface area contributed by atoms with Crippen molar-refractivity contribution in [3.8, 4) is 0 Å². The monoisotopic (exact) mass is 258 g/mol. The molecule has 0 unspecified atom stereocenters. The number of hydrogen-bond acceptors (Lipinski definition) is 3. The van der Waals surface area contributed by atoms with Crippen molar-refractivity contribution in [3.63, 3.8) is 0 Å². The van der Waals surface area contributed by atoms with Gasteiger partial charge in [0.25, 0.3) is 0 Å². The first-order valence-corrected chi connectivity index (χ1v) is 5.07. The number of benzene rings is 1. The molecule has 0 aromatic heterocycles. The van der Waals surface area contributed by atoms with Gasteiger partial charge >= 0.3 is 12.0 Å². The van der Waals surface area contributed by atoms with E-state index in [4.69, 9.17) is 21.8 Å². The van der Waals surface area contributed by atoms with Crippen molar-refractivity contribution >= 4 is 29.3 Å². The van der Waals surface area contributed by atoms with Gasteiger partial charge in [-0.15, -0.1) is 0 Å². The fourth-order valence-corrected chi connectivity index (χ4v) is 1.17. The molecular formula is C10H11ClN2O4. The van der Waals surface area contributed by atoms with Gasteiger partial charge < -0.3 is 20.8 Å². The first-order chi connectivity index (χ1) is 8.02. The number of anilines is 1. The smallest absolute Gasteiger partial charge is 0.328 e. The Labute approximate surface area is 102 Å². The lowest BCUT2D eigenvalue weighted by Gasteiger charge is -2.12. The van der Waals surface area contributed by atoms with Crippen LogP contribution in [0.3, 0.4) is 0 Å². The molecule has 2 amide bonds. The molecule has 92 valence electrons. The third-order valence-electron chi connectivity index (χ3n) is 1.89. The van der Waals surface area contributed by atoms with Gasteiger partial charge in [-0.1, -0.05) is 11.6 Å². The molecule has 0 saturated carbocycles. The van der Waals surface area contributed by atoms with Gasteiger partial charge in [0.05, 0.1) is 6.61 Å². The molecule has 0 aliphatic heterocycles. The lowest BCUT2D eigenvalue weighted by atomic mass is 10.3. The van der Waals surface area contributed by atoms with Gasteiger partial charge in [-0.05, 0) is 24.3 Å². The van der Waals surface area contributed by atoms with Crippen molar-refractivity contribution in [3.05, 3.63) is 29.3 Å². The van der Waals surface area contributed by atoms with Gasteiger partial charge in [0, 0.05) is 10.7 Å². The maximum absolute atomic E-state index is 11.3. The zero-order valence-corrected chi connectivity index (χ0v) is 9.44. The number of carboxylic acid groups (broad SMARTS) is 1. The number of hydrogen-bond donors (Lipinski definition) is 4. The predicted octanol–water partition coefficient (Wildman–Crippen LogP) is 0.907. The molecule has 0 bridgehead atoms. The van der Waals surface area contributed by atoms with Crippen LogP contribution in [0.5, 0.6) is 0 Å². The minimum absolute atomic E-state index is 0.467. The van der Waals surface area contributed by atoms with E-state index in [2.05, 4.69) is 10.6 Å². The molecule has 0 spiro atoms. The third kappa shape index (κ3) is 4.29. The summed E-state index contributed by atoms with van der Waals surface area (Å²) in [5.41, 5.74) is 0.467. The number of carbonyl (C=O) groups excluding carboxylic acids is 1. The van der Waals surface area contributed by atoms with Crippen molar-refractivity contribution in [1.82, 2.24) is 5.32 Å². The van der Waals surface area contributed by atoms with Crippen molar-refractivity contribution in [2.75, 3.05) is 11.9 Å². The van der Waals surface area contributed by atoms with Crippen LogP contribution < -0.4 is 10.6 Å². The SMILES string of the molecule is O=C(Nc1ccc(Cl)cc1)N[C@H](CO)C(=O)O. The molecule has 7 heteroatoms. The molecule has 4 N–H and O–H groups in total. The predicted molar refractivity (Wildman–Crippen MR) is 62.1 cm³/mol. The highest BCUT2D eigenvalue weighted by Crippen LogP contribution is 2.13. The molecule has 1 rings (SSSR count). The number of aliphatic hydroxyl groups is 1. The summed E-state index contributed by atoms with van der Waals surface area (Å²) >= 11 is 5.66. The molecule has 0 aliphatic carbocycles. The maximum Gasteiger partial charge on any atom is 0.328 e. The van der Waals surface area contributed by atoms with Gasteiger partial charge in [0.1, 0.15) is 0 Å². The Balaban J connectivity index is 2.54. The quantitative estimate of drug-likeness (QED) is 0.645. The Morgan fingerprint density at radius 2 is 1.88 bits per heavy atom. The van der Waals surface area contributed by atoms with E-state index in [0.29, 0.717) is 10.7 Å². The number of rotatable bonds is 4. The first kappa shape index (κ1) is 13.3. The number of amides is 2. The second-order valence-corrected chi connectivity index (χ2v) is 3.62. The standard InChI is InChI=1S/C10H11ClN2O4/c11-6-1-3-7(4-2-6)12-10(17)13-8(5-14)9(15)16/h1-4,8,14H,5H2,(H,15,16)(H2,12,13,17)/t8-/m1/s1. The molecule has 0 radical (unpaired) electrons. The summed E-state index contributed by atoms with van der Waals surface area (Å²) in [4.78, 5) is 21.9. The third-order valence-corrected chi connectivity index (χ3v) is 2.14. The highest BCUT2D eigenvalue weighted by atomic mass is 35.5. The van der Waals surface area contributed by atoms with Crippen LogP contribution in [0.2, 0.25) is 5.02 Å². The van der Waals surface area contributed by atoms with Crippen molar-refractivity contribution < 1.29 is 19.8 Å². The Kier molecular flexibility index (Phi) is 4.74. The fourth-order valence-electron chi connectivity index (χ4n) is 1.04. The molecular weight excluding hydrogens is 248 g/mol. The van der Waals surface area contributed by atoms with Crippen LogP contribution in [0.4, 0.5) is 10.5 Å². The Morgan fingerprint density at radius 3 is 2.35 bits per heavy atom. The van der Waals surface area contributed by atoms with Crippen LogP contribution >= 0.6 is 11.6 Å². The minimum atomic E-state index is -1.33. The van der Waals surface area contributed by atoms with E-state index >= 15 is 0 Å². The maximum atomic E-state index is 11.3. The number of urea groups is 1. The lowest BCUT2D eigenvalue weighted by Crippen LogP contribution is -2.45. The normalized spacial score (nSPS) is 11.6. The van der Waals surface area contributed by atoms with Crippen LogP contribution in [-0.2, 0) is 4.79 Å². The number of nitrogens with one attached hydrogen (secondary N) is 2. The average molecular weight is 259 g/mol. The summed E-state index contributed by atoms with van der Waals surface area (Å²) in [6.07, 6.45) is 0. The van der Waals surface area contributed by atoms with E-state index < -0.39 is 24.6 Å². The van der Waals surface area contributed by atoms with Crippen molar-refractivity contribution in [2.24, 2.45) is 0 Å². The molecule has 1 aromatic rings. The van der Waals surface area contributed by atoms with Crippen molar-refractivity contribution in [2.45, 2.75) is 6.04 Å². The largest absolute Gasteiger partial charge is 0.480 e. The second-order valence-electron chi connectivity index (χ2n) is 3.18. The zero-order chi connectivity index (χ0) is 12.8. The van der Waals surface area contributed by atoms with Gasteiger partial charge in [0.2, 0.25) is 0 Å². The number of carboxylic acids is 1. The van der Waals surface area contributed by atoms with Crippen LogP contribution in [0.25, 0.3) is 0 Å². The van der Waals surface area contributed by atoms with Crippen molar-refractivity contribution in [1.29, 1.82) is 0 Å². The molecule has 0 fully saturated rings. The summed E-state index contributed by atoms with van der Waals surface area (Å²) in [5, 5.41) is 22.3. The Bertz CT molecular complexity index is 407. The van der Waals surface area contributed by atoms with Gasteiger partial charge in [-0.2, -0.15) is 0 Å². The van der Waals surface area contributed by atoms with E-state index in [0.717, 1.165) is 0 Å². The number of aliphatic carboxylic acids is 1. The Hall–Kier alpha value is -1.79.